The Balaban J connectivity index is 2.12. The first-order valence-corrected chi connectivity index (χ1v) is 7.10. The van der Waals surface area contributed by atoms with Crippen LogP contribution in [0.1, 0.15) is 13.8 Å². The van der Waals surface area contributed by atoms with Crippen molar-refractivity contribution in [3.63, 3.8) is 0 Å². The summed E-state index contributed by atoms with van der Waals surface area (Å²) in [5.41, 5.74) is 0.426. The van der Waals surface area contributed by atoms with Crippen LogP contribution in [0.2, 0.25) is 0 Å². The van der Waals surface area contributed by atoms with Gasteiger partial charge in [-0.1, -0.05) is 0 Å². The zero-order valence-corrected chi connectivity index (χ0v) is 12.1. The molecular weight excluding hydrogens is 298 g/mol. The van der Waals surface area contributed by atoms with Gasteiger partial charge in [-0.25, -0.2) is 4.21 Å². The maximum atomic E-state index is 11.7. The lowest BCUT2D eigenvalue weighted by molar-refractivity contribution is -0.235. The van der Waals surface area contributed by atoms with E-state index in [2.05, 4.69) is 4.99 Å². The zero-order valence-electron chi connectivity index (χ0n) is 11.3. The van der Waals surface area contributed by atoms with Crippen LogP contribution in [0.15, 0.2) is 34.2 Å². The third-order valence-corrected chi connectivity index (χ3v) is 3.29. The summed E-state index contributed by atoms with van der Waals surface area (Å²) in [6.07, 6.45) is 1.13. The summed E-state index contributed by atoms with van der Waals surface area (Å²) in [5, 5.41) is 0. The molecule has 7 nitrogen and oxygen atoms in total. The molecule has 0 aliphatic carbocycles. The van der Waals surface area contributed by atoms with E-state index in [1.54, 1.807) is 0 Å². The van der Waals surface area contributed by atoms with Crippen molar-refractivity contribution in [1.29, 1.82) is 0 Å². The lowest BCUT2D eigenvalue weighted by atomic mass is 10.1. The number of ether oxygens (including phenoxy) is 2. The van der Waals surface area contributed by atoms with Crippen molar-refractivity contribution in [3.8, 4) is 0 Å². The molecule has 1 aromatic rings. The van der Waals surface area contributed by atoms with Gasteiger partial charge in [0.2, 0.25) is 0 Å². The van der Waals surface area contributed by atoms with Crippen molar-refractivity contribution < 1.29 is 27.8 Å². The van der Waals surface area contributed by atoms with Crippen molar-refractivity contribution in [1.82, 2.24) is 0 Å². The first-order valence-electron chi connectivity index (χ1n) is 5.99. The number of carbonyl (C=O) groups is 2. The third kappa shape index (κ3) is 3.73. The van der Waals surface area contributed by atoms with Gasteiger partial charge in [-0.15, -0.1) is 0 Å². The largest absolute Gasteiger partial charge is 0.422 e. The second-order valence-electron chi connectivity index (χ2n) is 4.74. The fraction of sp³-hybridized carbons (Fsp3) is 0.308. The van der Waals surface area contributed by atoms with Crippen LogP contribution >= 0.6 is 0 Å². The quantitative estimate of drug-likeness (QED) is 0.392. The number of rotatable bonds is 3. The molecule has 1 saturated heterocycles. The maximum Gasteiger partial charge on any atom is 0.329 e. The Labute approximate surface area is 123 Å². The molecule has 1 aliphatic heterocycles. The molecule has 1 N–H and O–H groups in total. The topological polar surface area (TPSA) is 102 Å². The Kier molecular flexibility index (Phi) is 4.19. The zero-order chi connectivity index (χ0) is 15.6. The van der Waals surface area contributed by atoms with E-state index in [1.807, 2.05) is 0 Å². The molecule has 1 unspecified atom stereocenters. The van der Waals surface area contributed by atoms with Crippen LogP contribution < -0.4 is 0 Å². The highest BCUT2D eigenvalue weighted by Crippen LogP contribution is 2.23. The van der Waals surface area contributed by atoms with Crippen LogP contribution in [-0.2, 0) is 30.1 Å². The number of aliphatic imine (C=N–C) groups is 1. The fourth-order valence-electron chi connectivity index (χ4n) is 1.66. The van der Waals surface area contributed by atoms with Gasteiger partial charge >= 0.3 is 11.9 Å². The highest BCUT2D eigenvalue weighted by Gasteiger charge is 2.42. The molecule has 1 aromatic carbocycles. The molecule has 112 valence electrons. The molecule has 1 atom stereocenters. The summed E-state index contributed by atoms with van der Waals surface area (Å²) in [6, 6.07) is 5.82. The number of benzene rings is 1. The smallest absolute Gasteiger partial charge is 0.329 e. The highest BCUT2D eigenvalue weighted by molar-refractivity contribution is 7.79. The van der Waals surface area contributed by atoms with Crippen molar-refractivity contribution in [3.05, 3.63) is 24.3 Å². The average molecular weight is 311 g/mol. The van der Waals surface area contributed by atoms with Crippen molar-refractivity contribution >= 4 is 34.9 Å². The minimum absolute atomic E-state index is 0.229. The van der Waals surface area contributed by atoms with E-state index >= 15 is 0 Å². The number of cyclic esters (lactones) is 2. The van der Waals surface area contributed by atoms with Crippen LogP contribution in [0, 0.1) is 5.92 Å². The van der Waals surface area contributed by atoms with E-state index in [1.165, 1.54) is 38.1 Å². The van der Waals surface area contributed by atoms with Gasteiger partial charge in [0.1, 0.15) is 0 Å². The summed E-state index contributed by atoms with van der Waals surface area (Å²) < 4.78 is 29.6. The molecule has 1 aliphatic rings. The van der Waals surface area contributed by atoms with Gasteiger partial charge < -0.3 is 14.0 Å². The molecule has 0 aromatic heterocycles. The van der Waals surface area contributed by atoms with Crippen LogP contribution in [0.4, 0.5) is 5.69 Å². The maximum absolute atomic E-state index is 11.7. The lowest BCUT2D eigenvalue weighted by Gasteiger charge is -2.31. The normalized spacial score (nSPS) is 20.1. The summed E-state index contributed by atoms with van der Waals surface area (Å²) in [5.74, 6) is -3.95. The molecule has 1 fully saturated rings. The van der Waals surface area contributed by atoms with Crippen LogP contribution in [0.5, 0.6) is 0 Å². The van der Waals surface area contributed by atoms with E-state index in [0.717, 1.165) is 6.21 Å². The Morgan fingerprint density at radius 3 is 2.19 bits per heavy atom. The summed E-state index contributed by atoms with van der Waals surface area (Å²) in [7, 11) is 0. The van der Waals surface area contributed by atoms with Crippen molar-refractivity contribution in [2.24, 2.45) is 10.9 Å². The molecule has 0 saturated carbocycles. The number of hydrogen-bond acceptors (Lipinski definition) is 6. The molecule has 0 amide bonds. The predicted molar refractivity (Wildman–Crippen MR) is 73.4 cm³/mol. The van der Waals surface area contributed by atoms with Gasteiger partial charge in [0.15, 0.2) is 17.0 Å². The third-order valence-electron chi connectivity index (χ3n) is 2.61. The minimum atomic E-state index is -2.07. The average Bonchev–Trinajstić information content (AvgIpc) is 2.36. The summed E-state index contributed by atoms with van der Waals surface area (Å²) >= 11 is -2.07. The molecular formula is C13H13NO6S. The molecule has 1 heterocycles. The lowest BCUT2D eigenvalue weighted by Crippen LogP contribution is -2.46. The first-order chi connectivity index (χ1) is 9.78. The Bertz CT molecular complexity index is 602. The van der Waals surface area contributed by atoms with E-state index < -0.39 is 34.7 Å². The number of hydrogen-bond donors (Lipinski definition) is 1. The Morgan fingerprint density at radius 2 is 1.71 bits per heavy atom. The molecule has 21 heavy (non-hydrogen) atoms. The van der Waals surface area contributed by atoms with Gasteiger partial charge in [0.25, 0.3) is 5.79 Å². The van der Waals surface area contributed by atoms with Crippen LogP contribution in [0.25, 0.3) is 0 Å². The number of nitrogens with zero attached hydrogens (tertiary/aromatic N) is 1. The monoisotopic (exact) mass is 311 g/mol. The van der Waals surface area contributed by atoms with E-state index in [4.69, 9.17) is 14.0 Å². The summed E-state index contributed by atoms with van der Waals surface area (Å²) in [6.45, 7) is 2.92. The highest BCUT2D eigenvalue weighted by atomic mass is 32.2. The Morgan fingerprint density at radius 1 is 1.19 bits per heavy atom. The van der Waals surface area contributed by atoms with Crippen LogP contribution in [-0.4, -0.2) is 32.7 Å². The minimum Gasteiger partial charge on any atom is -0.422 e. The van der Waals surface area contributed by atoms with Crippen molar-refractivity contribution in [2.45, 2.75) is 24.5 Å². The molecule has 0 radical (unpaired) electrons. The van der Waals surface area contributed by atoms with Gasteiger partial charge in [0.05, 0.1) is 10.6 Å². The first kappa shape index (κ1) is 15.3. The van der Waals surface area contributed by atoms with Crippen molar-refractivity contribution in [2.75, 3.05) is 0 Å². The fourth-order valence-corrected chi connectivity index (χ4v) is 2.03. The molecule has 0 bridgehead atoms. The van der Waals surface area contributed by atoms with Crippen LogP contribution in [0.3, 0.4) is 0 Å². The number of esters is 2. The SMILES string of the molecule is CC1(C)OC(=O)C(C=Nc2ccc(S(=O)O)cc2)C(=O)O1. The molecule has 0 spiro atoms. The van der Waals surface area contributed by atoms with Gasteiger partial charge in [-0.2, -0.15) is 0 Å². The summed E-state index contributed by atoms with van der Waals surface area (Å²) in [4.78, 5) is 27.6. The second-order valence-corrected chi connectivity index (χ2v) is 5.71. The second kappa shape index (κ2) is 5.74. The molecule has 2 rings (SSSR count). The number of carbonyl (C=O) groups excluding carboxylic acids is 2. The Hall–Kier alpha value is -2.06. The van der Waals surface area contributed by atoms with E-state index in [-0.39, 0.29) is 4.90 Å². The van der Waals surface area contributed by atoms with E-state index in [9.17, 15) is 13.8 Å². The van der Waals surface area contributed by atoms with Gasteiger partial charge in [-0.3, -0.25) is 14.6 Å². The molecule has 8 heteroatoms. The predicted octanol–water partition coefficient (Wildman–Crippen LogP) is 1.42. The van der Waals surface area contributed by atoms with E-state index in [0.29, 0.717) is 5.69 Å². The van der Waals surface area contributed by atoms with Gasteiger partial charge in [0, 0.05) is 20.1 Å². The standard InChI is InChI=1S/C13H13NO6S/c1-13(2)19-11(15)10(12(16)20-13)7-14-8-3-5-9(6-4-8)21(17)18/h3-7,10H,1-2H3,(H,17,18). The van der Waals surface area contributed by atoms with Gasteiger partial charge in [-0.05, 0) is 24.3 Å².